The van der Waals surface area contributed by atoms with E-state index in [-0.39, 0.29) is 18.0 Å². The molecule has 0 aliphatic rings. The molecule has 0 atom stereocenters. The van der Waals surface area contributed by atoms with Crippen LogP contribution in [0.15, 0.2) is 39.6 Å². The van der Waals surface area contributed by atoms with Crippen molar-refractivity contribution in [3.8, 4) is 0 Å². The molecule has 1 heterocycles. The van der Waals surface area contributed by atoms with Crippen LogP contribution in [0, 0.1) is 6.92 Å². The number of halogens is 1. The molecule has 0 bridgehead atoms. The average molecular weight is 329 g/mol. The summed E-state index contributed by atoms with van der Waals surface area (Å²) in [4.78, 5) is 0.146. The number of nitrogens with zero attached hydrogens (tertiary/aromatic N) is 1. The third-order valence-electron chi connectivity index (χ3n) is 3.11. The molecule has 7 heteroatoms. The Labute approximate surface area is 129 Å². The Morgan fingerprint density at radius 1 is 1.33 bits per heavy atom. The van der Waals surface area contributed by atoms with Crippen LogP contribution in [0.25, 0.3) is 0 Å². The molecule has 0 amide bonds. The molecule has 0 radical (unpaired) electrons. The lowest BCUT2D eigenvalue weighted by Crippen LogP contribution is -2.26. The second-order valence-electron chi connectivity index (χ2n) is 4.73. The van der Waals surface area contributed by atoms with Crippen molar-refractivity contribution in [3.05, 3.63) is 52.4 Å². The summed E-state index contributed by atoms with van der Waals surface area (Å²) in [6.45, 7) is 2.00. The molecular formula is C14H17ClN2O3S. The van der Waals surface area contributed by atoms with Crippen LogP contribution in [-0.2, 0) is 23.1 Å². The van der Waals surface area contributed by atoms with Gasteiger partial charge < -0.3 is 10.2 Å². The van der Waals surface area contributed by atoms with Crippen molar-refractivity contribution in [2.24, 2.45) is 5.73 Å². The van der Waals surface area contributed by atoms with Gasteiger partial charge in [0.2, 0.25) is 10.0 Å². The van der Waals surface area contributed by atoms with Gasteiger partial charge in [0, 0.05) is 24.7 Å². The quantitative estimate of drug-likeness (QED) is 0.915. The van der Waals surface area contributed by atoms with Gasteiger partial charge in [-0.15, -0.1) is 0 Å². The van der Waals surface area contributed by atoms with E-state index in [1.54, 1.807) is 25.1 Å². The largest absolute Gasteiger partial charge is 0.464 e. The molecule has 0 saturated heterocycles. The SMILES string of the molecule is Cc1oc(CN)cc1S(=O)(=O)N(C)Cc1cccc(Cl)c1. The van der Waals surface area contributed by atoms with E-state index in [0.717, 1.165) is 5.56 Å². The van der Waals surface area contributed by atoms with Crippen molar-refractivity contribution in [2.75, 3.05) is 7.05 Å². The molecule has 0 aliphatic heterocycles. The van der Waals surface area contributed by atoms with Crippen LogP contribution in [0.1, 0.15) is 17.1 Å². The van der Waals surface area contributed by atoms with E-state index in [9.17, 15) is 8.42 Å². The molecule has 2 aromatic rings. The molecule has 21 heavy (non-hydrogen) atoms. The topological polar surface area (TPSA) is 76.5 Å². The third kappa shape index (κ3) is 3.47. The van der Waals surface area contributed by atoms with Crippen LogP contribution in [0.2, 0.25) is 5.02 Å². The molecule has 2 rings (SSSR count). The van der Waals surface area contributed by atoms with E-state index in [2.05, 4.69) is 0 Å². The molecule has 2 N–H and O–H groups in total. The minimum Gasteiger partial charge on any atom is -0.464 e. The van der Waals surface area contributed by atoms with Crippen molar-refractivity contribution in [1.82, 2.24) is 4.31 Å². The summed E-state index contributed by atoms with van der Waals surface area (Å²) in [7, 11) is -2.11. The van der Waals surface area contributed by atoms with Crippen molar-refractivity contribution in [2.45, 2.75) is 24.9 Å². The van der Waals surface area contributed by atoms with Crippen molar-refractivity contribution >= 4 is 21.6 Å². The standard InChI is InChI=1S/C14H17ClN2O3S/c1-10-14(7-13(8-16)20-10)21(18,19)17(2)9-11-4-3-5-12(15)6-11/h3-7H,8-9,16H2,1-2H3. The Morgan fingerprint density at radius 2 is 2.05 bits per heavy atom. The molecular weight excluding hydrogens is 312 g/mol. The number of sulfonamides is 1. The van der Waals surface area contributed by atoms with Gasteiger partial charge in [-0.1, -0.05) is 23.7 Å². The highest BCUT2D eigenvalue weighted by molar-refractivity contribution is 7.89. The smallest absolute Gasteiger partial charge is 0.246 e. The monoisotopic (exact) mass is 328 g/mol. The van der Waals surface area contributed by atoms with Gasteiger partial charge in [0.15, 0.2) is 0 Å². The molecule has 1 aromatic heterocycles. The predicted octanol–water partition coefficient (Wildman–Crippen LogP) is 2.52. The van der Waals surface area contributed by atoms with Crippen molar-refractivity contribution < 1.29 is 12.8 Å². The molecule has 0 spiro atoms. The Bertz CT molecular complexity index is 740. The third-order valence-corrected chi connectivity index (χ3v) is 5.25. The van der Waals surface area contributed by atoms with Crippen LogP contribution in [0.3, 0.4) is 0 Å². The summed E-state index contributed by atoms with van der Waals surface area (Å²) in [6, 6.07) is 8.56. The van der Waals surface area contributed by atoms with Gasteiger partial charge in [-0.3, -0.25) is 0 Å². The maximum absolute atomic E-state index is 12.6. The number of furan rings is 1. The zero-order chi connectivity index (χ0) is 15.6. The van der Waals surface area contributed by atoms with E-state index in [0.29, 0.717) is 16.5 Å². The van der Waals surface area contributed by atoms with Crippen LogP contribution in [0.4, 0.5) is 0 Å². The number of hydrogen-bond donors (Lipinski definition) is 1. The Balaban J connectivity index is 2.28. The van der Waals surface area contributed by atoms with Crippen LogP contribution in [-0.4, -0.2) is 19.8 Å². The first-order valence-corrected chi connectivity index (χ1v) is 8.16. The summed E-state index contributed by atoms with van der Waals surface area (Å²) in [5, 5.41) is 0.572. The number of rotatable bonds is 5. The molecule has 5 nitrogen and oxygen atoms in total. The highest BCUT2D eigenvalue weighted by Gasteiger charge is 2.26. The number of aryl methyl sites for hydroxylation is 1. The summed E-state index contributed by atoms with van der Waals surface area (Å²) in [5.74, 6) is 0.788. The van der Waals surface area contributed by atoms with E-state index < -0.39 is 10.0 Å². The summed E-state index contributed by atoms with van der Waals surface area (Å²) >= 11 is 5.91. The number of nitrogens with two attached hydrogens (primary N) is 1. The van der Waals surface area contributed by atoms with Crippen LogP contribution in [0.5, 0.6) is 0 Å². The second-order valence-corrected chi connectivity index (χ2v) is 7.18. The normalized spacial score (nSPS) is 12.0. The fourth-order valence-electron chi connectivity index (χ4n) is 2.03. The van der Waals surface area contributed by atoms with Crippen LogP contribution < -0.4 is 5.73 Å². The summed E-state index contributed by atoms with van der Waals surface area (Å²) in [5.41, 5.74) is 6.29. The highest BCUT2D eigenvalue weighted by atomic mass is 35.5. The van der Waals surface area contributed by atoms with Gasteiger partial charge in [0.25, 0.3) is 0 Å². The molecule has 0 aliphatic carbocycles. The van der Waals surface area contributed by atoms with Gasteiger partial charge >= 0.3 is 0 Å². The Hall–Kier alpha value is -1.34. The molecule has 0 unspecified atom stereocenters. The first kappa shape index (κ1) is 16.0. The van der Waals surface area contributed by atoms with Gasteiger partial charge in [0.05, 0.1) is 6.54 Å². The summed E-state index contributed by atoms with van der Waals surface area (Å²) in [6.07, 6.45) is 0. The van der Waals surface area contributed by atoms with E-state index >= 15 is 0 Å². The second kappa shape index (κ2) is 6.19. The zero-order valence-corrected chi connectivity index (χ0v) is 13.4. The average Bonchev–Trinajstić information content (AvgIpc) is 2.80. The first-order valence-electron chi connectivity index (χ1n) is 6.34. The number of hydrogen-bond acceptors (Lipinski definition) is 4. The van der Waals surface area contributed by atoms with Crippen molar-refractivity contribution in [3.63, 3.8) is 0 Å². The van der Waals surface area contributed by atoms with E-state index in [1.165, 1.54) is 17.4 Å². The lowest BCUT2D eigenvalue weighted by molar-refractivity contribution is 0.456. The van der Waals surface area contributed by atoms with Gasteiger partial charge in [-0.05, 0) is 24.6 Å². The highest BCUT2D eigenvalue weighted by Crippen LogP contribution is 2.24. The molecule has 114 valence electrons. The van der Waals surface area contributed by atoms with Crippen LogP contribution >= 0.6 is 11.6 Å². The van der Waals surface area contributed by atoms with Gasteiger partial charge in [-0.25, -0.2) is 8.42 Å². The fraction of sp³-hybridized carbons (Fsp3) is 0.286. The van der Waals surface area contributed by atoms with Crippen molar-refractivity contribution in [1.29, 1.82) is 0 Å². The minimum atomic E-state index is -3.63. The number of benzene rings is 1. The Kier molecular flexibility index (Phi) is 4.73. The maximum Gasteiger partial charge on any atom is 0.246 e. The van der Waals surface area contributed by atoms with Gasteiger partial charge in [-0.2, -0.15) is 4.31 Å². The van der Waals surface area contributed by atoms with Gasteiger partial charge in [0.1, 0.15) is 16.4 Å². The molecule has 0 fully saturated rings. The van der Waals surface area contributed by atoms with E-state index in [4.69, 9.17) is 21.8 Å². The Morgan fingerprint density at radius 3 is 2.62 bits per heavy atom. The zero-order valence-electron chi connectivity index (χ0n) is 11.8. The first-order chi connectivity index (χ1) is 9.84. The fourth-order valence-corrected chi connectivity index (χ4v) is 3.58. The minimum absolute atomic E-state index is 0.146. The molecule has 1 aromatic carbocycles. The predicted molar refractivity (Wildman–Crippen MR) is 81.4 cm³/mol. The lowest BCUT2D eigenvalue weighted by atomic mass is 10.2. The lowest BCUT2D eigenvalue weighted by Gasteiger charge is -2.16. The summed E-state index contributed by atoms with van der Waals surface area (Å²) < 4.78 is 31.7. The van der Waals surface area contributed by atoms with E-state index in [1.807, 2.05) is 6.07 Å². The maximum atomic E-state index is 12.6. The molecule has 0 saturated carbocycles.